The number of benzene rings is 1. The van der Waals surface area contributed by atoms with E-state index in [1.165, 1.54) is 26.2 Å². The first-order chi connectivity index (χ1) is 19.1. The van der Waals surface area contributed by atoms with Gasteiger partial charge in [0.25, 0.3) is 5.91 Å². The molecular formula is C29H27FN8O2. The predicted molar refractivity (Wildman–Crippen MR) is 149 cm³/mol. The fraction of sp³-hybridized carbons (Fsp3) is 0.207. The number of pyridine rings is 1. The number of anilines is 2. The molecule has 0 aliphatic heterocycles. The number of aryl methyl sites for hydroxylation is 1. The van der Waals surface area contributed by atoms with Gasteiger partial charge in [0, 0.05) is 18.9 Å². The van der Waals surface area contributed by atoms with E-state index in [4.69, 9.17) is 0 Å². The fourth-order valence-corrected chi connectivity index (χ4v) is 4.18. The Morgan fingerprint density at radius 1 is 1.12 bits per heavy atom. The van der Waals surface area contributed by atoms with E-state index in [2.05, 4.69) is 31.8 Å². The normalized spacial score (nSPS) is 12.2. The lowest BCUT2D eigenvalue weighted by Crippen LogP contribution is -2.42. The van der Waals surface area contributed by atoms with Gasteiger partial charge in [0.15, 0.2) is 0 Å². The Kier molecular flexibility index (Phi) is 7.02. The summed E-state index contributed by atoms with van der Waals surface area (Å²) < 4.78 is 17.9. The smallest absolute Gasteiger partial charge is 0.255 e. The van der Waals surface area contributed by atoms with Crippen molar-refractivity contribution in [3.8, 4) is 28.7 Å². The van der Waals surface area contributed by atoms with Gasteiger partial charge in [0.1, 0.15) is 12.2 Å². The first-order valence-corrected chi connectivity index (χ1v) is 12.5. The van der Waals surface area contributed by atoms with E-state index < -0.39 is 17.7 Å². The van der Waals surface area contributed by atoms with Crippen LogP contribution in [0.25, 0.3) is 28.2 Å². The molecule has 0 radical (unpaired) electrons. The summed E-state index contributed by atoms with van der Waals surface area (Å²) in [7, 11) is 1.92. The van der Waals surface area contributed by atoms with Crippen molar-refractivity contribution in [2.24, 2.45) is 7.05 Å². The highest BCUT2D eigenvalue weighted by Gasteiger charge is 2.27. The second-order valence-electron chi connectivity index (χ2n) is 9.95. The van der Waals surface area contributed by atoms with Crippen molar-refractivity contribution in [2.75, 3.05) is 11.9 Å². The Bertz CT molecular complexity index is 1730. The van der Waals surface area contributed by atoms with Crippen LogP contribution < -0.4 is 10.6 Å². The van der Waals surface area contributed by atoms with Gasteiger partial charge in [0.2, 0.25) is 0 Å². The maximum absolute atomic E-state index is 14.3. The number of nitrogens with one attached hydrogen (secondary N) is 2. The quantitative estimate of drug-likeness (QED) is 0.269. The predicted octanol–water partition coefficient (Wildman–Crippen LogP) is 4.25. The van der Waals surface area contributed by atoms with Crippen molar-refractivity contribution in [1.82, 2.24) is 29.5 Å². The summed E-state index contributed by atoms with van der Waals surface area (Å²) in [6.45, 7) is 2.33. The summed E-state index contributed by atoms with van der Waals surface area (Å²) in [5.74, 6) is -0.545. The maximum Gasteiger partial charge on any atom is 0.255 e. The lowest BCUT2D eigenvalue weighted by molar-refractivity contribution is -0.00177. The summed E-state index contributed by atoms with van der Waals surface area (Å²) in [5, 5.41) is 29.3. The fourth-order valence-electron chi connectivity index (χ4n) is 4.18. The Morgan fingerprint density at radius 3 is 2.58 bits per heavy atom. The third-order valence-corrected chi connectivity index (χ3v) is 6.53. The first kappa shape index (κ1) is 26.5. The minimum absolute atomic E-state index is 0.197. The van der Waals surface area contributed by atoms with Crippen LogP contribution in [0.1, 0.15) is 29.8 Å². The number of hydrogen-bond acceptors (Lipinski definition) is 7. The molecule has 11 heteroatoms. The molecule has 202 valence electrons. The number of amides is 1. The van der Waals surface area contributed by atoms with Crippen LogP contribution in [0, 0.1) is 11.3 Å². The average molecular weight is 539 g/mol. The number of aromatic nitrogens is 5. The maximum atomic E-state index is 14.3. The van der Waals surface area contributed by atoms with Crippen molar-refractivity contribution >= 4 is 22.8 Å². The number of imidazole rings is 1. The Morgan fingerprint density at radius 2 is 1.90 bits per heavy atom. The molecule has 5 rings (SSSR count). The number of carbonyl (C=O) groups is 1. The van der Waals surface area contributed by atoms with Gasteiger partial charge < -0.3 is 20.3 Å². The number of nitriles is 1. The lowest BCUT2D eigenvalue weighted by atomic mass is 10.0. The molecule has 4 heterocycles. The third kappa shape index (κ3) is 5.39. The molecule has 1 unspecified atom stereocenters. The van der Waals surface area contributed by atoms with Gasteiger partial charge in [-0.2, -0.15) is 10.4 Å². The van der Waals surface area contributed by atoms with Crippen LogP contribution in [0.4, 0.5) is 15.8 Å². The molecule has 1 amide bonds. The highest BCUT2D eigenvalue weighted by atomic mass is 19.1. The van der Waals surface area contributed by atoms with E-state index in [1.807, 2.05) is 48.0 Å². The van der Waals surface area contributed by atoms with Gasteiger partial charge in [-0.3, -0.25) is 9.78 Å². The van der Waals surface area contributed by atoms with Gasteiger partial charge in [-0.15, -0.1) is 0 Å². The van der Waals surface area contributed by atoms with E-state index >= 15 is 0 Å². The van der Waals surface area contributed by atoms with Crippen LogP contribution in [0.2, 0.25) is 0 Å². The molecule has 0 aliphatic carbocycles. The molecule has 3 N–H and O–H groups in total. The number of hydrogen-bond donors (Lipinski definition) is 3. The topological polar surface area (TPSA) is 133 Å². The summed E-state index contributed by atoms with van der Waals surface area (Å²) in [6, 6.07) is 16.8. The minimum Gasteiger partial charge on any atom is -0.387 e. The lowest BCUT2D eigenvalue weighted by Gasteiger charge is -2.22. The van der Waals surface area contributed by atoms with Gasteiger partial charge in [-0.1, -0.05) is 12.1 Å². The van der Waals surface area contributed by atoms with Crippen LogP contribution in [-0.4, -0.2) is 53.5 Å². The molecule has 0 aliphatic rings. The summed E-state index contributed by atoms with van der Waals surface area (Å²) >= 11 is 0. The SMILES string of the molecule is Cn1cncc1-c1ccc(Nc2cc(-c3ccc4cc(C#N)cnn34)ncc2C(=O)NCC(F)C(C)(C)O)cc1. The Balaban J connectivity index is 1.49. The first-order valence-electron chi connectivity index (χ1n) is 12.5. The molecule has 0 saturated carbocycles. The van der Waals surface area contributed by atoms with Crippen molar-refractivity contribution in [3.63, 3.8) is 0 Å². The summed E-state index contributed by atoms with van der Waals surface area (Å²) in [4.78, 5) is 21.8. The highest BCUT2D eigenvalue weighted by Crippen LogP contribution is 2.29. The molecule has 40 heavy (non-hydrogen) atoms. The van der Waals surface area contributed by atoms with E-state index in [1.54, 1.807) is 29.2 Å². The van der Waals surface area contributed by atoms with Crippen LogP contribution >= 0.6 is 0 Å². The van der Waals surface area contributed by atoms with Crippen molar-refractivity contribution in [3.05, 3.63) is 84.6 Å². The minimum atomic E-state index is -1.66. The van der Waals surface area contributed by atoms with Gasteiger partial charge in [-0.05, 0) is 55.8 Å². The number of halogens is 1. The van der Waals surface area contributed by atoms with E-state index in [-0.39, 0.29) is 12.1 Å². The van der Waals surface area contributed by atoms with Crippen LogP contribution in [0.5, 0.6) is 0 Å². The molecule has 0 bridgehead atoms. The van der Waals surface area contributed by atoms with Gasteiger partial charge >= 0.3 is 0 Å². The zero-order chi connectivity index (χ0) is 28.4. The van der Waals surface area contributed by atoms with Gasteiger partial charge in [-0.25, -0.2) is 13.9 Å². The van der Waals surface area contributed by atoms with Crippen LogP contribution in [0.15, 0.2) is 73.4 Å². The zero-order valence-electron chi connectivity index (χ0n) is 22.1. The monoisotopic (exact) mass is 538 g/mol. The van der Waals surface area contributed by atoms with E-state index in [0.29, 0.717) is 28.3 Å². The molecule has 0 saturated heterocycles. The largest absolute Gasteiger partial charge is 0.387 e. The van der Waals surface area contributed by atoms with E-state index in [9.17, 15) is 19.6 Å². The molecule has 0 spiro atoms. The third-order valence-electron chi connectivity index (χ3n) is 6.53. The standard InChI is InChI=1S/C29H27FN8O2/c1-29(2,40)27(30)16-34-28(39)22-14-33-24(25-9-8-21-10-18(12-31)13-35-38(21)25)11-23(22)36-20-6-4-19(5-7-20)26-15-32-17-37(26)3/h4-11,13-15,17,27,40H,16H2,1-3H3,(H,33,36)(H,34,39). The Hall–Kier alpha value is -5.08. The number of alkyl halides is 1. The molecule has 1 atom stereocenters. The number of fused-ring (bicyclic) bond motifs is 1. The highest BCUT2D eigenvalue weighted by molar-refractivity contribution is 6.00. The van der Waals surface area contributed by atoms with E-state index in [0.717, 1.165) is 16.8 Å². The summed E-state index contributed by atoms with van der Waals surface area (Å²) in [6.07, 6.45) is 4.73. The molecule has 5 aromatic rings. The molecule has 10 nitrogen and oxygen atoms in total. The molecule has 0 fully saturated rings. The molecular weight excluding hydrogens is 511 g/mol. The van der Waals surface area contributed by atoms with Crippen LogP contribution in [-0.2, 0) is 7.05 Å². The number of nitrogens with zero attached hydrogens (tertiary/aromatic N) is 6. The van der Waals surface area contributed by atoms with Crippen molar-refractivity contribution in [1.29, 1.82) is 5.26 Å². The second kappa shape index (κ2) is 10.6. The average Bonchev–Trinajstić information content (AvgIpc) is 3.57. The van der Waals surface area contributed by atoms with Crippen molar-refractivity contribution in [2.45, 2.75) is 25.6 Å². The molecule has 4 aromatic heterocycles. The van der Waals surface area contributed by atoms with Crippen molar-refractivity contribution < 1.29 is 14.3 Å². The number of carbonyl (C=O) groups excluding carboxylic acids is 1. The zero-order valence-corrected chi connectivity index (χ0v) is 22.1. The van der Waals surface area contributed by atoms with Gasteiger partial charge in [0.05, 0.1) is 70.3 Å². The summed E-state index contributed by atoms with van der Waals surface area (Å²) in [5.41, 5.74) is 4.04. The Labute approximate surface area is 229 Å². The number of aliphatic hydroxyl groups is 1. The second-order valence-corrected chi connectivity index (χ2v) is 9.95. The van der Waals surface area contributed by atoms with Crippen LogP contribution in [0.3, 0.4) is 0 Å². The number of rotatable bonds is 8. The molecule has 1 aromatic carbocycles.